The van der Waals surface area contributed by atoms with Gasteiger partial charge in [-0.3, -0.25) is 19.7 Å². The van der Waals surface area contributed by atoms with E-state index in [0.29, 0.717) is 5.92 Å². The third-order valence-corrected chi connectivity index (χ3v) is 4.95. The van der Waals surface area contributed by atoms with Crippen molar-refractivity contribution in [1.29, 1.82) is 0 Å². The number of nitrogens with zero attached hydrogens (tertiary/aromatic N) is 2. The topological polar surface area (TPSA) is 122 Å². The number of aromatic amines is 1. The molecule has 0 bridgehead atoms. The zero-order valence-electron chi connectivity index (χ0n) is 14.0. The van der Waals surface area contributed by atoms with Gasteiger partial charge in [0.15, 0.2) is 5.75 Å². The molecule has 3 N–H and O–H groups in total. The van der Waals surface area contributed by atoms with Crippen molar-refractivity contribution in [2.75, 3.05) is 5.32 Å². The molecule has 2 aliphatic rings. The Bertz CT molecular complexity index is 1030. The zero-order valence-corrected chi connectivity index (χ0v) is 16.2. The maximum Gasteiger partial charge on any atom is 0.439 e. The lowest BCUT2D eigenvalue weighted by molar-refractivity contribution is 0.101. The average Bonchev–Trinajstić information content (AvgIpc) is 3.39. The van der Waals surface area contributed by atoms with Crippen molar-refractivity contribution >= 4 is 52.3 Å². The molecule has 0 saturated heterocycles. The molecule has 146 valence electrons. The number of hydrogen-bond donors (Lipinski definition) is 3. The fourth-order valence-corrected chi connectivity index (χ4v) is 3.44. The van der Waals surface area contributed by atoms with Crippen molar-refractivity contribution in [2.24, 2.45) is 11.0 Å². The first-order valence-corrected chi connectivity index (χ1v) is 9.33. The van der Waals surface area contributed by atoms with Gasteiger partial charge in [-0.2, -0.15) is 0 Å². The fraction of sp³-hybridized carbons (Fsp3) is 0.250. The predicted octanol–water partition coefficient (Wildman–Crippen LogP) is 3.12. The van der Waals surface area contributed by atoms with Crippen LogP contribution in [0.4, 0.5) is 5.69 Å². The summed E-state index contributed by atoms with van der Waals surface area (Å²) in [5, 5.41) is 10.1. The Kier molecular flexibility index (Phi) is 5.05. The number of aromatic nitrogens is 2. The first kappa shape index (κ1) is 18.9. The number of halogens is 3. The second-order valence-electron chi connectivity index (χ2n) is 6.13. The van der Waals surface area contributed by atoms with Crippen molar-refractivity contribution < 1.29 is 14.1 Å². The molecule has 1 atom stereocenters. The van der Waals surface area contributed by atoms with E-state index in [-0.39, 0.29) is 38.7 Å². The van der Waals surface area contributed by atoms with Crippen LogP contribution in [0, 0.1) is 5.92 Å². The maximum absolute atomic E-state index is 12.0. The van der Waals surface area contributed by atoms with Gasteiger partial charge < -0.3 is 10.1 Å². The molecule has 1 aliphatic heterocycles. The van der Waals surface area contributed by atoms with Gasteiger partial charge in [-0.25, -0.2) is 4.79 Å². The lowest BCUT2D eigenvalue weighted by Gasteiger charge is -2.20. The van der Waals surface area contributed by atoms with Gasteiger partial charge in [-0.15, -0.1) is 5.10 Å². The summed E-state index contributed by atoms with van der Waals surface area (Å²) < 4.78 is 10.0. The molecule has 0 spiro atoms. The third-order valence-electron chi connectivity index (χ3n) is 4.04. The zero-order chi connectivity index (χ0) is 19.8. The smallest absolute Gasteiger partial charge is 0.434 e. The minimum atomic E-state index is -0.843. The van der Waals surface area contributed by atoms with E-state index in [1.165, 1.54) is 12.1 Å². The van der Waals surface area contributed by atoms with E-state index < -0.39 is 11.7 Å². The van der Waals surface area contributed by atoms with Crippen LogP contribution in [0.1, 0.15) is 23.5 Å². The highest BCUT2D eigenvalue weighted by atomic mass is 35.5. The van der Waals surface area contributed by atoms with Crippen molar-refractivity contribution in [3.63, 3.8) is 0 Å². The molecule has 1 saturated carbocycles. The molecule has 2 aromatic rings. The molecule has 1 amide bonds. The number of benzene rings is 1. The Morgan fingerprint density at radius 3 is 2.61 bits per heavy atom. The average molecular weight is 445 g/mol. The number of amides is 1. The first-order valence-electron chi connectivity index (χ1n) is 8.13. The molecule has 1 aromatic heterocycles. The van der Waals surface area contributed by atoms with Gasteiger partial charge in [0.05, 0.1) is 10.0 Å². The molecule has 1 aliphatic carbocycles. The van der Waals surface area contributed by atoms with E-state index in [9.17, 15) is 9.59 Å². The van der Waals surface area contributed by atoms with Gasteiger partial charge >= 0.3 is 5.76 Å². The highest BCUT2D eigenvalue weighted by Gasteiger charge is 2.32. The van der Waals surface area contributed by atoms with Gasteiger partial charge in [0.1, 0.15) is 5.50 Å². The Labute approximate surface area is 172 Å². The lowest BCUT2D eigenvalue weighted by Crippen LogP contribution is -2.29. The standard InChI is InChI=1S/C16H12Cl3N5O4/c17-9-3-7(20-15(25)14-21-16(26)28-24-14)4-10(18)12(9)27-11-5-8(6-1-2-6)13(19)23-22-11/h3-6,13,23H,1-2H2,(H,20,25)(H,21,24,26). The molecule has 9 nitrogen and oxygen atoms in total. The van der Waals surface area contributed by atoms with E-state index in [2.05, 4.69) is 30.5 Å². The SMILES string of the molecule is O=C(Nc1cc(Cl)c(OC2=NNC(Cl)C(C3CC3)=C2)c(Cl)c1)c1noc(=O)[nH]1. The summed E-state index contributed by atoms with van der Waals surface area (Å²) in [7, 11) is 0. The number of rotatable bonds is 4. The summed E-state index contributed by atoms with van der Waals surface area (Å²) >= 11 is 18.7. The third kappa shape index (κ3) is 4.01. The summed E-state index contributed by atoms with van der Waals surface area (Å²) in [5.41, 5.74) is 3.70. The molecule has 1 unspecified atom stereocenters. The highest BCUT2D eigenvalue weighted by Crippen LogP contribution is 2.41. The number of hydrogen-bond acceptors (Lipinski definition) is 7. The number of anilines is 1. The van der Waals surface area contributed by atoms with Crippen molar-refractivity contribution in [1.82, 2.24) is 15.6 Å². The van der Waals surface area contributed by atoms with Crippen LogP contribution in [0.5, 0.6) is 5.75 Å². The number of nitrogens with one attached hydrogen (secondary N) is 3. The minimum absolute atomic E-state index is 0.147. The largest absolute Gasteiger partial charge is 0.439 e. The monoisotopic (exact) mass is 443 g/mol. The Hall–Kier alpha value is -2.49. The van der Waals surface area contributed by atoms with E-state index in [1.807, 2.05) is 0 Å². The van der Waals surface area contributed by atoms with Gasteiger partial charge in [-0.05, 0) is 41.6 Å². The van der Waals surface area contributed by atoms with Crippen LogP contribution >= 0.6 is 34.8 Å². The Morgan fingerprint density at radius 2 is 2.00 bits per heavy atom. The molecule has 0 radical (unpaired) electrons. The van der Waals surface area contributed by atoms with Crippen molar-refractivity contribution in [2.45, 2.75) is 18.3 Å². The van der Waals surface area contributed by atoms with Gasteiger partial charge in [0.2, 0.25) is 11.7 Å². The first-order chi connectivity index (χ1) is 13.4. The maximum atomic E-state index is 12.0. The summed E-state index contributed by atoms with van der Waals surface area (Å²) in [5.74, 6) is -0.942. The number of hydrazone groups is 1. The number of ether oxygens (including phenoxy) is 1. The van der Waals surface area contributed by atoms with Crippen LogP contribution in [0.25, 0.3) is 0 Å². The van der Waals surface area contributed by atoms with Crippen LogP contribution in [0.15, 0.2) is 38.2 Å². The number of carbonyl (C=O) groups is 1. The second kappa shape index (κ2) is 7.50. The van der Waals surface area contributed by atoms with Crippen LogP contribution in [0.3, 0.4) is 0 Å². The summed E-state index contributed by atoms with van der Waals surface area (Å²) in [6.07, 6.45) is 3.93. The minimum Gasteiger partial charge on any atom is -0.434 e. The lowest BCUT2D eigenvalue weighted by atomic mass is 10.1. The van der Waals surface area contributed by atoms with Gasteiger partial charge in [0, 0.05) is 11.8 Å². The van der Waals surface area contributed by atoms with Gasteiger partial charge in [-0.1, -0.05) is 34.8 Å². The number of carbonyl (C=O) groups excluding carboxylic acids is 1. The van der Waals surface area contributed by atoms with E-state index in [1.54, 1.807) is 6.08 Å². The molecule has 12 heteroatoms. The molecular formula is C16H12Cl3N5O4. The molecule has 1 aromatic carbocycles. The van der Waals surface area contributed by atoms with Gasteiger partial charge in [0.25, 0.3) is 5.91 Å². The van der Waals surface area contributed by atoms with Crippen molar-refractivity contribution in [3.05, 3.63) is 50.2 Å². The van der Waals surface area contributed by atoms with Crippen LogP contribution < -0.4 is 21.2 Å². The molecule has 4 rings (SSSR count). The molecule has 28 heavy (non-hydrogen) atoms. The molecular weight excluding hydrogens is 433 g/mol. The summed E-state index contributed by atoms with van der Waals surface area (Å²) in [6.45, 7) is 0. The summed E-state index contributed by atoms with van der Waals surface area (Å²) in [6, 6.07) is 2.87. The van der Waals surface area contributed by atoms with E-state index >= 15 is 0 Å². The molecule has 1 fully saturated rings. The fourth-order valence-electron chi connectivity index (χ4n) is 2.59. The van der Waals surface area contributed by atoms with E-state index in [4.69, 9.17) is 39.5 Å². The quantitative estimate of drug-likeness (QED) is 0.492. The second-order valence-corrected chi connectivity index (χ2v) is 7.38. The Morgan fingerprint density at radius 1 is 1.29 bits per heavy atom. The van der Waals surface area contributed by atoms with Crippen LogP contribution in [-0.2, 0) is 0 Å². The number of alkyl halides is 1. The summed E-state index contributed by atoms with van der Waals surface area (Å²) in [4.78, 5) is 25.1. The normalized spacial score (nSPS) is 18.8. The van der Waals surface area contributed by atoms with E-state index in [0.717, 1.165) is 18.4 Å². The molecule has 2 heterocycles. The van der Waals surface area contributed by atoms with Crippen LogP contribution in [-0.4, -0.2) is 27.4 Å². The predicted molar refractivity (Wildman–Crippen MR) is 103 cm³/mol. The van der Waals surface area contributed by atoms with Crippen molar-refractivity contribution in [3.8, 4) is 5.75 Å². The Balaban J connectivity index is 1.51. The highest BCUT2D eigenvalue weighted by molar-refractivity contribution is 6.38. The number of H-pyrrole nitrogens is 1. The van der Waals surface area contributed by atoms with Crippen LogP contribution in [0.2, 0.25) is 10.0 Å².